The van der Waals surface area contributed by atoms with Crippen LogP contribution in [0.3, 0.4) is 0 Å². The average Bonchev–Trinajstić information content (AvgIpc) is 2.62. The van der Waals surface area contributed by atoms with Gasteiger partial charge >= 0.3 is 0 Å². The Bertz CT molecular complexity index is 753. The summed E-state index contributed by atoms with van der Waals surface area (Å²) in [5.41, 5.74) is 0.878. The third kappa shape index (κ3) is 3.97. The number of benzene rings is 1. The van der Waals surface area contributed by atoms with Crippen molar-refractivity contribution in [3.8, 4) is 0 Å². The van der Waals surface area contributed by atoms with Crippen molar-refractivity contribution in [2.24, 2.45) is 0 Å². The number of nitrogens with zero attached hydrogens (tertiary/aromatic N) is 3. The molecule has 1 saturated heterocycles. The van der Waals surface area contributed by atoms with Crippen molar-refractivity contribution in [3.63, 3.8) is 0 Å². The third-order valence-electron chi connectivity index (χ3n) is 3.80. The number of rotatable bonds is 4. The lowest BCUT2D eigenvalue weighted by atomic mass is 10.2. The lowest BCUT2D eigenvalue weighted by Crippen LogP contribution is -2.48. The Morgan fingerprint density at radius 2 is 1.61 bits per heavy atom. The molecule has 1 fully saturated rings. The van der Waals surface area contributed by atoms with Crippen LogP contribution in [0.4, 0.5) is 5.82 Å². The van der Waals surface area contributed by atoms with Gasteiger partial charge in [-0.2, -0.15) is 4.31 Å². The second-order valence-corrected chi connectivity index (χ2v) is 7.15. The van der Waals surface area contributed by atoms with Gasteiger partial charge in [0, 0.05) is 37.8 Å². The molecule has 0 unspecified atom stereocenters. The summed E-state index contributed by atoms with van der Waals surface area (Å²) in [5, 5.41) is 1.29. The predicted octanol–water partition coefficient (Wildman–Crippen LogP) is 2.20. The zero-order chi connectivity index (χ0) is 16.1. The summed E-state index contributed by atoms with van der Waals surface area (Å²) in [4.78, 5) is 6.41. The smallest absolute Gasteiger partial charge is 0.236 e. The summed E-state index contributed by atoms with van der Waals surface area (Å²) < 4.78 is 26.3. The first-order valence-electron chi connectivity index (χ1n) is 7.54. The SMILES string of the molecule is O=S(=O)(/C=C/c1ccccc1)N1CCN(c2ccccn2)CC1. The summed E-state index contributed by atoms with van der Waals surface area (Å²) in [7, 11) is -3.38. The van der Waals surface area contributed by atoms with Crippen LogP contribution in [0.5, 0.6) is 0 Å². The van der Waals surface area contributed by atoms with Crippen LogP contribution in [0.25, 0.3) is 6.08 Å². The lowest BCUT2D eigenvalue weighted by molar-refractivity contribution is 0.389. The number of pyridine rings is 1. The summed E-state index contributed by atoms with van der Waals surface area (Å²) in [6.45, 7) is 2.24. The minimum atomic E-state index is -3.38. The first-order valence-corrected chi connectivity index (χ1v) is 9.05. The predicted molar refractivity (Wildman–Crippen MR) is 92.4 cm³/mol. The van der Waals surface area contributed by atoms with E-state index in [1.807, 2.05) is 48.5 Å². The van der Waals surface area contributed by atoms with Gasteiger partial charge in [0.1, 0.15) is 5.82 Å². The number of hydrogen-bond acceptors (Lipinski definition) is 4. The molecule has 0 aliphatic carbocycles. The molecule has 1 aliphatic rings. The van der Waals surface area contributed by atoms with E-state index in [2.05, 4.69) is 9.88 Å². The quantitative estimate of drug-likeness (QED) is 0.863. The Kier molecular flexibility index (Phi) is 4.73. The molecule has 3 rings (SSSR count). The highest BCUT2D eigenvalue weighted by Crippen LogP contribution is 2.16. The molecule has 1 aliphatic heterocycles. The highest BCUT2D eigenvalue weighted by atomic mass is 32.2. The first-order chi connectivity index (χ1) is 11.1. The standard InChI is InChI=1S/C17H19N3O2S/c21-23(22,15-9-16-6-2-1-3-7-16)20-13-11-19(12-14-20)17-8-4-5-10-18-17/h1-10,15H,11-14H2/b15-9+. The summed E-state index contributed by atoms with van der Waals surface area (Å²) in [6.07, 6.45) is 3.39. The molecule has 0 N–H and O–H groups in total. The molecule has 1 aromatic carbocycles. The molecule has 0 radical (unpaired) electrons. The number of sulfonamides is 1. The van der Waals surface area contributed by atoms with Crippen molar-refractivity contribution in [1.82, 2.24) is 9.29 Å². The fraction of sp³-hybridized carbons (Fsp3) is 0.235. The number of anilines is 1. The lowest BCUT2D eigenvalue weighted by Gasteiger charge is -2.34. The molecule has 0 spiro atoms. The Morgan fingerprint density at radius 1 is 0.913 bits per heavy atom. The van der Waals surface area contributed by atoms with E-state index in [-0.39, 0.29) is 0 Å². The molecule has 2 heterocycles. The Balaban J connectivity index is 1.63. The van der Waals surface area contributed by atoms with Gasteiger partial charge in [-0.3, -0.25) is 0 Å². The molecule has 0 bridgehead atoms. The topological polar surface area (TPSA) is 53.5 Å². The van der Waals surface area contributed by atoms with Crippen LogP contribution in [0.2, 0.25) is 0 Å². The molecule has 1 aromatic heterocycles. The van der Waals surface area contributed by atoms with Crippen molar-refractivity contribution in [1.29, 1.82) is 0 Å². The van der Waals surface area contributed by atoms with E-state index < -0.39 is 10.0 Å². The van der Waals surface area contributed by atoms with E-state index in [1.54, 1.807) is 12.3 Å². The van der Waals surface area contributed by atoms with E-state index >= 15 is 0 Å². The van der Waals surface area contributed by atoms with Gasteiger partial charge in [0.05, 0.1) is 0 Å². The Hall–Kier alpha value is -2.18. The maximum Gasteiger partial charge on any atom is 0.236 e. The van der Waals surface area contributed by atoms with Crippen molar-refractivity contribution < 1.29 is 8.42 Å². The van der Waals surface area contributed by atoms with Gasteiger partial charge in [0.15, 0.2) is 0 Å². The van der Waals surface area contributed by atoms with Crippen molar-refractivity contribution in [2.75, 3.05) is 31.1 Å². The van der Waals surface area contributed by atoms with E-state index in [0.29, 0.717) is 26.2 Å². The van der Waals surface area contributed by atoms with Crippen molar-refractivity contribution >= 4 is 21.9 Å². The first kappa shape index (κ1) is 15.7. The Morgan fingerprint density at radius 3 is 2.26 bits per heavy atom. The van der Waals surface area contributed by atoms with Gasteiger partial charge in [-0.15, -0.1) is 0 Å². The van der Waals surface area contributed by atoms with Crippen LogP contribution < -0.4 is 4.90 Å². The van der Waals surface area contributed by atoms with E-state index in [9.17, 15) is 8.42 Å². The molecular weight excluding hydrogens is 310 g/mol. The van der Waals surface area contributed by atoms with Crippen molar-refractivity contribution in [3.05, 3.63) is 65.7 Å². The molecule has 6 heteroatoms. The van der Waals surface area contributed by atoms with Crippen LogP contribution in [0.15, 0.2) is 60.1 Å². The second-order valence-electron chi connectivity index (χ2n) is 5.33. The highest BCUT2D eigenvalue weighted by Gasteiger charge is 2.25. The zero-order valence-corrected chi connectivity index (χ0v) is 13.6. The van der Waals surface area contributed by atoms with Crippen LogP contribution >= 0.6 is 0 Å². The number of aromatic nitrogens is 1. The summed E-state index contributed by atoms with van der Waals surface area (Å²) in [6, 6.07) is 15.2. The summed E-state index contributed by atoms with van der Waals surface area (Å²) in [5.74, 6) is 0.893. The minimum absolute atomic E-state index is 0.470. The molecule has 0 atom stereocenters. The van der Waals surface area contributed by atoms with Crippen LogP contribution in [-0.4, -0.2) is 43.9 Å². The summed E-state index contributed by atoms with van der Waals surface area (Å²) >= 11 is 0. The number of piperazine rings is 1. The van der Waals surface area contributed by atoms with Gasteiger partial charge in [-0.25, -0.2) is 13.4 Å². The van der Waals surface area contributed by atoms with Crippen molar-refractivity contribution in [2.45, 2.75) is 0 Å². The molecule has 120 valence electrons. The fourth-order valence-corrected chi connectivity index (χ4v) is 3.70. The third-order valence-corrected chi connectivity index (χ3v) is 5.37. The van der Waals surface area contributed by atoms with Gasteiger partial charge in [0.2, 0.25) is 10.0 Å². The monoisotopic (exact) mass is 329 g/mol. The second kappa shape index (κ2) is 6.93. The van der Waals surface area contributed by atoms with Gasteiger partial charge in [-0.05, 0) is 23.8 Å². The maximum absolute atomic E-state index is 12.4. The van der Waals surface area contributed by atoms with E-state index in [4.69, 9.17) is 0 Å². The fourth-order valence-electron chi connectivity index (χ4n) is 2.53. The molecule has 5 nitrogen and oxygen atoms in total. The van der Waals surface area contributed by atoms with Crippen LogP contribution in [0.1, 0.15) is 5.56 Å². The van der Waals surface area contributed by atoms with Gasteiger partial charge in [0.25, 0.3) is 0 Å². The normalized spacial score (nSPS) is 16.8. The van der Waals surface area contributed by atoms with Crippen LogP contribution in [-0.2, 0) is 10.0 Å². The zero-order valence-electron chi connectivity index (χ0n) is 12.7. The van der Waals surface area contributed by atoms with Crippen LogP contribution in [0, 0.1) is 0 Å². The molecule has 0 saturated carbocycles. The molecule has 0 amide bonds. The van der Waals surface area contributed by atoms with Gasteiger partial charge < -0.3 is 4.90 Å². The Labute approximate surface area is 136 Å². The highest BCUT2D eigenvalue weighted by molar-refractivity contribution is 7.92. The minimum Gasteiger partial charge on any atom is -0.354 e. The maximum atomic E-state index is 12.4. The van der Waals surface area contributed by atoms with E-state index in [0.717, 1.165) is 11.4 Å². The molecular formula is C17H19N3O2S. The molecule has 2 aromatic rings. The van der Waals surface area contributed by atoms with Gasteiger partial charge in [-0.1, -0.05) is 36.4 Å². The average molecular weight is 329 g/mol. The molecule has 23 heavy (non-hydrogen) atoms. The van der Waals surface area contributed by atoms with E-state index in [1.165, 1.54) is 9.71 Å². The largest absolute Gasteiger partial charge is 0.354 e. The number of hydrogen-bond donors (Lipinski definition) is 0.